The molecule has 1 saturated carbocycles. The standard InChI is InChI=1S/C12H20N8S/c1-2-3-8-19-11(13-15-17-19)9-21-12-14-16-18-20(12)10-6-4-5-7-10/h10H,2-9H2,1H3. The van der Waals surface area contributed by atoms with E-state index in [1.54, 1.807) is 11.8 Å². The molecule has 3 rings (SSSR count). The molecule has 2 aromatic heterocycles. The van der Waals surface area contributed by atoms with Gasteiger partial charge in [0.25, 0.3) is 0 Å². The van der Waals surface area contributed by atoms with Crippen LogP contribution in [-0.2, 0) is 12.3 Å². The van der Waals surface area contributed by atoms with E-state index < -0.39 is 0 Å². The van der Waals surface area contributed by atoms with Crippen molar-refractivity contribution in [3.05, 3.63) is 5.82 Å². The van der Waals surface area contributed by atoms with Gasteiger partial charge in [0.2, 0.25) is 5.16 Å². The summed E-state index contributed by atoms with van der Waals surface area (Å²) in [5, 5.41) is 24.9. The highest BCUT2D eigenvalue weighted by Gasteiger charge is 2.22. The minimum absolute atomic E-state index is 0.457. The fraction of sp³-hybridized carbons (Fsp3) is 0.833. The van der Waals surface area contributed by atoms with Crippen molar-refractivity contribution in [3.63, 3.8) is 0 Å². The monoisotopic (exact) mass is 308 g/mol. The van der Waals surface area contributed by atoms with Gasteiger partial charge in [0.05, 0.1) is 11.8 Å². The van der Waals surface area contributed by atoms with Crippen LogP contribution in [0.25, 0.3) is 0 Å². The van der Waals surface area contributed by atoms with Gasteiger partial charge >= 0.3 is 0 Å². The molecule has 21 heavy (non-hydrogen) atoms. The van der Waals surface area contributed by atoms with E-state index in [4.69, 9.17) is 0 Å². The summed E-state index contributed by atoms with van der Waals surface area (Å²) in [7, 11) is 0. The van der Waals surface area contributed by atoms with E-state index in [9.17, 15) is 0 Å². The van der Waals surface area contributed by atoms with E-state index in [1.165, 1.54) is 25.7 Å². The van der Waals surface area contributed by atoms with Gasteiger partial charge in [-0.3, -0.25) is 0 Å². The van der Waals surface area contributed by atoms with Crippen LogP contribution in [0.2, 0.25) is 0 Å². The van der Waals surface area contributed by atoms with E-state index >= 15 is 0 Å². The fourth-order valence-corrected chi connectivity index (χ4v) is 3.47. The topological polar surface area (TPSA) is 87.2 Å². The molecule has 0 unspecified atom stereocenters. The first-order chi connectivity index (χ1) is 10.4. The lowest BCUT2D eigenvalue weighted by Crippen LogP contribution is -2.09. The van der Waals surface area contributed by atoms with Crippen molar-refractivity contribution < 1.29 is 0 Å². The van der Waals surface area contributed by atoms with E-state index in [0.29, 0.717) is 11.8 Å². The Labute approximate surface area is 127 Å². The number of thioether (sulfide) groups is 1. The second-order valence-electron chi connectivity index (χ2n) is 5.30. The molecule has 2 aromatic rings. The van der Waals surface area contributed by atoms with Crippen LogP contribution >= 0.6 is 11.8 Å². The second-order valence-corrected chi connectivity index (χ2v) is 6.25. The molecule has 0 aliphatic heterocycles. The third-order valence-electron chi connectivity index (χ3n) is 3.79. The lowest BCUT2D eigenvalue weighted by atomic mass is 10.3. The Morgan fingerprint density at radius 2 is 1.95 bits per heavy atom. The maximum absolute atomic E-state index is 4.15. The summed E-state index contributed by atoms with van der Waals surface area (Å²) in [5.74, 6) is 1.58. The summed E-state index contributed by atoms with van der Waals surface area (Å²) in [6.45, 7) is 3.03. The quantitative estimate of drug-likeness (QED) is 0.721. The number of nitrogens with zero attached hydrogens (tertiary/aromatic N) is 8. The molecule has 8 nitrogen and oxygen atoms in total. The third kappa shape index (κ3) is 3.39. The maximum atomic E-state index is 4.15. The van der Waals surface area contributed by atoms with Gasteiger partial charge in [0, 0.05) is 6.54 Å². The van der Waals surface area contributed by atoms with Crippen molar-refractivity contribution in [1.29, 1.82) is 0 Å². The Kier molecular flexibility index (Phi) is 4.79. The van der Waals surface area contributed by atoms with Gasteiger partial charge in [0.1, 0.15) is 0 Å². The van der Waals surface area contributed by atoms with Crippen LogP contribution in [0.1, 0.15) is 57.3 Å². The number of aromatic nitrogens is 8. The number of hydrogen-bond acceptors (Lipinski definition) is 7. The Morgan fingerprint density at radius 3 is 2.76 bits per heavy atom. The van der Waals surface area contributed by atoms with Gasteiger partial charge < -0.3 is 0 Å². The average molecular weight is 308 g/mol. The smallest absolute Gasteiger partial charge is 0.210 e. The normalized spacial score (nSPS) is 15.9. The van der Waals surface area contributed by atoms with Crippen LogP contribution in [-0.4, -0.2) is 40.4 Å². The number of rotatable bonds is 7. The number of aryl methyl sites for hydroxylation is 1. The Hall–Kier alpha value is -1.51. The molecular formula is C12H20N8S. The lowest BCUT2D eigenvalue weighted by molar-refractivity contribution is 0.423. The van der Waals surface area contributed by atoms with Crippen molar-refractivity contribution in [2.24, 2.45) is 0 Å². The molecule has 114 valence electrons. The second kappa shape index (κ2) is 6.97. The molecule has 0 spiro atoms. The van der Waals surface area contributed by atoms with Crippen LogP contribution in [0.5, 0.6) is 0 Å². The zero-order chi connectivity index (χ0) is 14.5. The first-order valence-electron chi connectivity index (χ1n) is 7.54. The molecule has 2 heterocycles. The molecular weight excluding hydrogens is 288 g/mol. The molecule has 1 fully saturated rings. The average Bonchev–Trinajstić information content (AvgIpc) is 3.22. The van der Waals surface area contributed by atoms with Crippen LogP contribution in [0.4, 0.5) is 0 Å². The highest BCUT2D eigenvalue weighted by molar-refractivity contribution is 7.98. The minimum atomic E-state index is 0.457. The molecule has 0 aromatic carbocycles. The van der Waals surface area contributed by atoms with Crippen LogP contribution in [0, 0.1) is 0 Å². The largest absolute Gasteiger partial charge is 0.229 e. The zero-order valence-electron chi connectivity index (χ0n) is 12.2. The predicted octanol–water partition coefficient (Wildman–Crippen LogP) is 1.87. The van der Waals surface area contributed by atoms with Crippen molar-refractivity contribution in [2.45, 2.75) is 68.9 Å². The predicted molar refractivity (Wildman–Crippen MR) is 77.6 cm³/mol. The van der Waals surface area contributed by atoms with Gasteiger partial charge in [-0.2, -0.15) is 0 Å². The van der Waals surface area contributed by atoms with Crippen LogP contribution in [0.3, 0.4) is 0 Å². The first kappa shape index (κ1) is 14.4. The van der Waals surface area contributed by atoms with Gasteiger partial charge in [-0.05, 0) is 40.1 Å². The molecule has 1 aliphatic rings. The summed E-state index contributed by atoms with van der Waals surface area (Å²) in [6, 6.07) is 0.457. The molecule has 0 radical (unpaired) electrons. The van der Waals surface area contributed by atoms with Gasteiger partial charge in [-0.25, -0.2) is 9.36 Å². The van der Waals surface area contributed by atoms with Crippen LogP contribution < -0.4 is 0 Å². The molecule has 0 atom stereocenters. The van der Waals surface area contributed by atoms with Crippen molar-refractivity contribution in [3.8, 4) is 0 Å². The van der Waals surface area contributed by atoms with Crippen molar-refractivity contribution in [1.82, 2.24) is 40.4 Å². The zero-order valence-corrected chi connectivity index (χ0v) is 13.0. The van der Waals surface area contributed by atoms with E-state index in [1.807, 2.05) is 9.36 Å². The molecule has 0 bridgehead atoms. The summed E-state index contributed by atoms with van der Waals surface area (Å²) >= 11 is 1.61. The van der Waals surface area contributed by atoms with E-state index in [0.717, 1.165) is 30.4 Å². The summed E-state index contributed by atoms with van der Waals surface area (Å²) in [6.07, 6.45) is 7.10. The van der Waals surface area contributed by atoms with Crippen molar-refractivity contribution >= 4 is 11.8 Å². The van der Waals surface area contributed by atoms with Crippen LogP contribution in [0.15, 0.2) is 5.16 Å². The summed E-state index contributed by atoms with van der Waals surface area (Å²) in [4.78, 5) is 0. The highest BCUT2D eigenvalue weighted by atomic mass is 32.2. The Balaban J connectivity index is 1.63. The molecule has 1 aliphatic carbocycles. The molecule has 0 N–H and O–H groups in total. The minimum Gasteiger partial charge on any atom is -0.229 e. The van der Waals surface area contributed by atoms with E-state index in [-0.39, 0.29) is 0 Å². The fourth-order valence-electron chi connectivity index (χ4n) is 2.60. The van der Waals surface area contributed by atoms with Crippen molar-refractivity contribution in [2.75, 3.05) is 0 Å². The number of hydrogen-bond donors (Lipinski definition) is 0. The molecule has 0 amide bonds. The Bertz CT molecular complexity index is 559. The summed E-state index contributed by atoms with van der Waals surface area (Å²) < 4.78 is 3.85. The lowest BCUT2D eigenvalue weighted by Gasteiger charge is -2.10. The van der Waals surface area contributed by atoms with E-state index in [2.05, 4.69) is 38.0 Å². The van der Waals surface area contributed by atoms with Gasteiger partial charge in [-0.15, -0.1) is 10.2 Å². The third-order valence-corrected chi connectivity index (χ3v) is 4.72. The Morgan fingerprint density at radius 1 is 1.14 bits per heavy atom. The highest BCUT2D eigenvalue weighted by Crippen LogP contribution is 2.31. The number of unbranched alkanes of at least 4 members (excludes halogenated alkanes) is 1. The molecule has 0 saturated heterocycles. The van der Waals surface area contributed by atoms with Gasteiger partial charge in [-0.1, -0.05) is 37.9 Å². The van der Waals surface area contributed by atoms with Gasteiger partial charge in [0.15, 0.2) is 5.82 Å². The molecule has 9 heteroatoms. The first-order valence-corrected chi connectivity index (χ1v) is 8.52. The summed E-state index contributed by atoms with van der Waals surface area (Å²) in [5.41, 5.74) is 0. The maximum Gasteiger partial charge on any atom is 0.210 e. The SMILES string of the molecule is CCCCn1nnnc1CSc1nnnn1C1CCCC1. The number of tetrazole rings is 2.